The van der Waals surface area contributed by atoms with Crippen molar-refractivity contribution in [2.45, 2.75) is 257 Å². The minimum atomic E-state index is -0.798. The fourth-order valence-corrected chi connectivity index (χ4v) is 7.19. The van der Waals surface area contributed by atoms with Gasteiger partial charge >= 0.3 is 5.97 Å². The van der Waals surface area contributed by atoms with E-state index in [1.165, 1.54) is 109 Å². The van der Waals surface area contributed by atoms with Crippen LogP contribution in [0.1, 0.15) is 239 Å². The molecule has 0 bridgehead atoms. The quantitative estimate of drug-likeness (QED) is 0.0324. The summed E-state index contributed by atoms with van der Waals surface area (Å²) in [6.07, 6.45) is 53.2. The summed E-state index contributed by atoms with van der Waals surface area (Å²) in [5.41, 5.74) is 0. The molecule has 0 radical (unpaired) electrons. The van der Waals surface area contributed by atoms with Gasteiger partial charge in [-0.3, -0.25) is 9.59 Å². The summed E-state index contributed by atoms with van der Waals surface area (Å²) in [6, 6.07) is -0.714. The molecule has 0 aliphatic rings. The number of unbranched alkanes of at least 4 members (excludes halogenated alkanes) is 23. The van der Waals surface area contributed by atoms with Gasteiger partial charge in [0.15, 0.2) is 0 Å². The predicted molar refractivity (Wildman–Crippen MR) is 245 cm³/mol. The maximum Gasteiger partial charge on any atom is 0.306 e. The highest BCUT2D eigenvalue weighted by molar-refractivity contribution is 5.77. The van der Waals surface area contributed by atoms with Gasteiger partial charge in [0.25, 0.3) is 0 Å². The molecule has 0 heterocycles. The van der Waals surface area contributed by atoms with Gasteiger partial charge in [-0.2, -0.15) is 0 Å². The second-order valence-corrected chi connectivity index (χ2v) is 16.5. The van der Waals surface area contributed by atoms with Gasteiger partial charge < -0.3 is 20.3 Å². The molecule has 1 amide bonds. The van der Waals surface area contributed by atoms with Crippen molar-refractivity contribution >= 4 is 11.9 Å². The van der Waals surface area contributed by atoms with Crippen molar-refractivity contribution < 1.29 is 24.5 Å². The molecule has 0 spiro atoms. The predicted octanol–water partition coefficient (Wildman–Crippen LogP) is 14.3. The second-order valence-electron chi connectivity index (χ2n) is 16.5. The topological polar surface area (TPSA) is 95.9 Å². The molecule has 0 rings (SSSR count). The van der Waals surface area contributed by atoms with Gasteiger partial charge in [-0.1, -0.05) is 198 Å². The van der Waals surface area contributed by atoms with Gasteiger partial charge in [0.2, 0.25) is 5.91 Å². The van der Waals surface area contributed by atoms with E-state index in [0.29, 0.717) is 19.3 Å². The Hall–Kier alpha value is -2.18. The Morgan fingerprint density at radius 3 is 1.53 bits per heavy atom. The van der Waals surface area contributed by atoms with Crippen LogP contribution in [-0.4, -0.2) is 46.9 Å². The van der Waals surface area contributed by atoms with Gasteiger partial charge in [-0.25, -0.2) is 0 Å². The number of aliphatic hydroxyl groups is 2. The lowest BCUT2D eigenvalue weighted by Crippen LogP contribution is -2.46. The van der Waals surface area contributed by atoms with E-state index in [1.807, 2.05) is 0 Å². The Balaban J connectivity index is 4.58. The number of hydrogen-bond donors (Lipinski definition) is 3. The van der Waals surface area contributed by atoms with Gasteiger partial charge in [-0.15, -0.1) is 0 Å². The molecule has 6 nitrogen and oxygen atoms in total. The van der Waals surface area contributed by atoms with Crippen molar-refractivity contribution in [3.05, 3.63) is 48.6 Å². The van der Waals surface area contributed by atoms with Gasteiger partial charge in [0.1, 0.15) is 6.10 Å². The summed E-state index contributed by atoms with van der Waals surface area (Å²) in [4.78, 5) is 26.0. The van der Waals surface area contributed by atoms with Crippen LogP contribution in [0.25, 0.3) is 0 Å². The molecular weight excluding hydrogens is 707 g/mol. The van der Waals surface area contributed by atoms with Crippen molar-refractivity contribution in [2.75, 3.05) is 6.61 Å². The van der Waals surface area contributed by atoms with Crippen LogP contribution in [0.4, 0.5) is 0 Å². The molecule has 0 saturated carbocycles. The van der Waals surface area contributed by atoms with E-state index in [0.717, 1.165) is 83.5 Å². The van der Waals surface area contributed by atoms with Crippen LogP contribution in [0, 0.1) is 0 Å². The fraction of sp³-hybridized carbons (Fsp3) is 0.804. The Labute approximate surface area is 353 Å². The Morgan fingerprint density at radius 1 is 0.526 bits per heavy atom. The molecule has 3 unspecified atom stereocenters. The monoisotopic (exact) mass is 800 g/mol. The molecular formula is C51H93NO5. The van der Waals surface area contributed by atoms with Crippen LogP contribution < -0.4 is 5.32 Å². The molecule has 0 saturated heterocycles. The maximum atomic E-state index is 13.1. The summed E-state index contributed by atoms with van der Waals surface area (Å²) < 4.78 is 5.88. The minimum Gasteiger partial charge on any atom is -0.462 e. The SMILES string of the molecule is CC/C=C/C/C=C/C/C=C/CCCCC(CC(=O)NC(CO)C(O)CCCCCCCCCCCCCCCCC)OC(=O)CCCCCCC/C=C\CCCC. The summed E-state index contributed by atoms with van der Waals surface area (Å²) in [7, 11) is 0. The number of esters is 1. The average Bonchev–Trinajstić information content (AvgIpc) is 3.20. The van der Waals surface area contributed by atoms with Gasteiger partial charge in [0, 0.05) is 6.42 Å². The largest absolute Gasteiger partial charge is 0.462 e. The van der Waals surface area contributed by atoms with Crippen molar-refractivity contribution in [3.63, 3.8) is 0 Å². The van der Waals surface area contributed by atoms with E-state index in [-0.39, 0.29) is 24.9 Å². The standard InChI is InChI=1S/C51H93NO5/c1-4-7-10-13-16-19-22-24-25-26-29-31-34-37-40-43-49(54)48(46-53)52-50(55)45-47(42-39-36-33-30-28-23-20-17-14-11-8-5-2)57-51(56)44-41-38-35-32-27-21-18-15-12-9-6-3/h8,11,15,17-18,20,28,30,47-49,53-54H,4-7,9-10,12-14,16,19,21-27,29,31-46H2,1-3H3,(H,52,55)/b11-8+,18-15-,20-17+,30-28+. The van der Waals surface area contributed by atoms with E-state index >= 15 is 0 Å². The third kappa shape index (κ3) is 40.4. The van der Waals surface area contributed by atoms with Crippen LogP contribution >= 0.6 is 0 Å². The van der Waals surface area contributed by atoms with E-state index in [4.69, 9.17) is 4.74 Å². The molecule has 6 heteroatoms. The molecule has 0 aromatic carbocycles. The van der Waals surface area contributed by atoms with Crippen LogP contribution in [-0.2, 0) is 14.3 Å². The molecule has 57 heavy (non-hydrogen) atoms. The average molecular weight is 800 g/mol. The van der Waals surface area contributed by atoms with E-state index in [9.17, 15) is 19.8 Å². The fourth-order valence-electron chi connectivity index (χ4n) is 7.19. The zero-order valence-electron chi connectivity index (χ0n) is 37.7. The number of carbonyl (C=O) groups excluding carboxylic acids is 2. The molecule has 0 aromatic heterocycles. The van der Waals surface area contributed by atoms with Gasteiger partial charge in [-0.05, 0) is 77.0 Å². The normalized spacial score (nSPS) is 13.7. The number of nitrogens with one attached hydrogen (secondary N) is 1. The Bertz CT molecular complexity index is 988. The summed E-state index contributed by atoms with van der Waals surface area (Å²) >= 11 is 0. The molecule has 0 fully saturated rings. The number of aliphatic hydroxyl groups excluding tert-OH is 2. The van der Waals surface area contributed by atoms with E-state index in [1.54, 1.807) is 0 Å². The van der Waals surface area contributed by atoms with Crippen molar-refractivity contribution in [1.82, 2.24) is 5.32 Å². The molecule has 0 aliphatic carbocycles. The first-order valence-corrected chi connectivity index (χ1v) is 24.4. The van der Waals surface area contributed by atoms with Crippen LogP contribution in [0.3, 0.4) is 0 Å². The number of hydrogen-bond acceptors (Lipinski definition) is 5. The highest BCUT2D eigenvalue weighted by atomic mass is 16.5. The molecule has 332 valence electrons. The van der Waals surface area contributed by atoms with Crippen LogP contribution in [0.5, 0.6) is 0 Å². The number of carbonyl (C=O) groups is 2. The third-order valence-electron chi connectivity index (χ3n) is 10.9. The molecule has 3 atom stereocenters. The lowest BCUT2D eigenvalue weighted by atomic mass is 10.0. The maximum absolute atomic E-state index is 13.1. The number of ether oxygens (including phenoxy) is 1. The lowest BCUT2D eigenvalue weighted by Gasteiger charge is -2.24. The summed E-state index contributed by atoms with van der Waals surface area (Å²) in [5.74, 6) is -0.523. The van der Waals surface area contributed by atoms with E-state index < -0.39 is 18.2 Å². The summed E-state index contributed by atoms with van der Waals surface area (Å²) in [6.45, 7) is 6.32. The Kier molecular flexibility index (Phi) is 43.2. The first-order valence-electron chi connectivity index (χ1n) is 24.4. The van der Waals surface area contributed by atoms with Crippen molar-refractivity contribution in [1.29, 1.82) is 0 Å². The first-order chi connectivity index (χ1) is 28.0. The number of rotatable bonds is 43. The lowest BCUT2D eigenvalue weighted by molar-refractivity contribution is -0.151. The summed E-state index contributed by atoms with van der Waals surface area (Å²) in [5, 5.41) is 23.7. The Morgan fingerprint density at radius 2 is 0.965 bits per heavy atom. The third-order valence-corrected chi connectivity index (χ3v) is 10.9. The number of amides is 1. The van der Waals surface area contributed by atoms with Crippen molar-refractivity contribution in [2.24, 2.45) is 0 Å². The first kappa shape index (κ1) is 54.8. The highest BCUT2D eigenvalue weighted by Crippen LogP contribution is 2.17. The zero-order valence-corrected chi connectivity index (χ0v) is 37.7. The molecule has 0 aromatic rings. The van der Waals surface area contributed by atoms with Crippen LogP contribution in [0.2, 0.25) is 0 Å². The number of allylic oxidation sites excluding steroid dienone is 8. The molecule has 0 aliphatic heterocycles. The van der Waals surface area contributed by atoms with E-state index in [2.05, 4.69) is 74.7 Å². The smallest absolute Gasteiger partial charge is 0.306 e. The van der Waals surface area contributed by atoms with Gasteiger partial charge in [0.05, 0.1) is 25.2 Å². The zero-order chi connectivity index (χ0) is 41.7. The minimum absolute atomic E-state index is 0.0484. The molecule has 3 N–H and O–H groups in total. The van der Waals surface area contributed by atoms with Crippen molar-refractivity contribution in [3.8, 4) is 0 Å². The second kappa shape index (κ2) is 44.9. The highest BCUT2D eigenvalue weighted by Gasteiger charge is 2.24. The van der Waals surface area contributed by atoms with Crippen LogP contribution in [0.15, 0.2) is 48.6 Å².